The Kier molecular flexibility index (Phi) is 6.09. The molecule has 1 heterocycles. The molecule has 0 atom stereocenters. The minimum atomic E-state index is -0.451. The van der Waals surface area contributed by atoms with E-state index < -0.39 is 5.82 Å². The van der Waals surface area contributed by atoms with Gasteiger partial charge in [0.1, 0.15) is 5.69 Å². The lowest BCUT2D eigenvalue weighted by atomic mass is 10.1. The molecule has 2 aromatic carbocycles. The van der Waals surface area contributed by atoms with E-state index in [2.05, 4.69) is 5.10 Å². The molecule has 0 radical (unpaired) electrons. The monoisotopic (exact) mass is 381 g/mol. The van der Waals surface area contributed by atoms with Gasteiger partial charge in [0.25, 0.3) is 0 Å². The standard InChI is InChI=1S/C22H24FN3O2/c1-4-14-26(16(2)27)15-18-21(17-10-6-5-7-11-17)24-25(3)22(18)28-20-13-9-8-12-19(20)23/h5-13H,4,14-15H2,1-3H3. The van der Waals surface area contributed by atoms with Crippen molar-refractivity contribution in [3.63, 3.8) is 0 Å². The highest BCUT2D eigenvalue weighted by atomic mass is 19.1. The van der Waals surface area contributed by atoms with Gasteiger partial charge in [-0.3, -0.25) is 4.79 Å². The predicted octanol–water partition coefficient (Wildman–Crippen LogP) is 4.78. The largest absolute Gasteiger partial charge is 0.436 e. The smallest absolute Gasteiger partial charge is 0.223 e. The van der Waals surface area contributed by atoms with Crippen molar-refractivity contribution in [3.05, 3.63) is 66.0 Å². The van der Waals surface area contributed by atoms with Crippen LogP contribution in [0.3, 0.4) is 0 Å². The number of aryl methyl sites for hydroxylation is 1. The van der Waals surface area contributed by atoms with Crippen LogP contribution in [0.1, 0.15) is 25.8 Å². The van der Waals surface area contributed by atoms with E-state index in [4.69, 9.17) is 4.74 Å². The molecule has 0 N–H and O–H groups in total. The highest BCUT2D eigenvalue weighted by Gasteiger charge is 2.23. The van der Waals surface area contributed by atoms with Crippen molar-refractivity contribution in [2.45, 2.75) is 26.8 Å². The van der Waals surface area contributed by atoms with Crippen molar-refractivity contribution in [2.24, 2.45) is 7.05 Å². The average molecular weight is 381 g/mol. The number of aromatic nitrogens is 2. The van der Waals surface area contributed by atoms with Crippen molar-refractivity contribution >= 4 is 5.91 Å². The summed E-state index contributed by atoms with van der Waals surface area (Å²) in [6, 6.07) is 16.0. The lowest BCUT2D eigenvalue weighted by Gasteiger charge is -2.21. The van der Waals surface area contributed by atoms with Crippen LogP contribution in [0, 0.1) is 5.82 Å². The Labute approximate surface area is 164 Å². The summed E-state index contributed by atoms with van der Waals surface area (Å²) in [7, 11) is 1.75. The number of amides is 1. The van der Waals surface area contributed by atoms with Crippen LogP contribution in [-0.2, 0) is 18.4 Å². The van der Waals surface area contributed by atoms with Gasteiger partial charge in [0.05, 0.1) is 12.1 Å². The normalized spacial score (nSPS) is 10.7. The molecule has 0 aliphatic rings. The Morgan fingerprint density at radius 2 is 1.82 bits per heavy atom. The second-order valence-corrected chi connectivity index (χ2v) is 6.60. The minimum absolute atomic E-state index is 0.0263. The zero-order valence-corrected chi connectivity index (χ0v) is 16.4. The first kappa shape index (κ1) is 19.6. The molecule has 1 aromatic heterocycles. The molecule has 5 nitrogen and oxygen atoms in total. The Bertz CT molecular complexity index is 954. The summed E-state index contributed by atoms with van der Waals surface area (Å²) in [6.07, 6.45) is 0.837. The molecule has 146 valence electrons. The van der Waals surface area contributed by atoms with Crippen molar-refractivity contribution in [1.29, 1.82) is 0 Å². The summed E-state index contributed by atoms with van der Waals surface area (Å²) in [5.41, 5.74) is 2.38. The van der Waals surface area contributed by atoms with Crippen molar-refractivity contribution < 1.29 is 13.9 Å². The first-order chi connectivity index (χ1) is 13.5. The number of hydrogen-bond acceptors (Lipinski definition) is 3. The summed E-state index contributed by atoms with van der Waals surface area (Å²) >= 11 is 0. The molecule has 0 saturated heterocycles. The maximum atomic E-state index is 14.2. The Morgan fingerprint density at radius 3 is 2.46 bits per heavy atom. The average Bonchev–Trinajstić information content (AvgIpc) is 2.99. The second-order valence-electron chi connectivity index (χ2n) is 6.60. The molecule has 0 bridgehead atoms. The van der Waals surface area contributed by atoms with Crippen LogP contribution >= 0.6 is 0 Å². The first-order valence-electron chi connectivity index (χ1n) is 9.30. The van der Waals surface area contributed by atoms with Crippen molar-refractivity contribution in [1.82, 2.24) is 14.7 Å². The molecule has 0 fully saturated rings. The van der Waals surface area contributed by atoms with Gasteiger partial charge in [-0.05, 0) is 18.6 Å². The fourth-order valence-corrected chi connectivity index (χ4v) is 3.09. The number of ether oxygens (including phenoxy) is 1. The van der Waals surface area contributed by atoms with Crippen LogP contribution in [0.2, 0.25) is 0 Å². The van der Waals surface area contributed by atoms with E-state index in [1.165, 1.54) is 6.07 Å². The van der Waals surface area contributed by atoms with Crippen LogP contribution in [0.4, 0.5) is 4.39 Å². The van der Waals surface area contributed by atoms with E-state index in [-0.39, 0.29) is 11.7 Å². The Morgan fingerprint density at radius 1 is 1.14 bits per heavy atom. The number of carbonyl (C=O) groups excluding carboxylic acids is 1. The minimum Gasteiger partial charge on any atom is -0.436 e. The number of hydrogen-bond donors (Lipinski definition) is 0. The molecule has 0 spiro atoms. The molecule has 28 heavy (non-hydrogen) atoms. The molecule has 3 rings (SSSR count). The van der Waals surface area contributed by atoms with Crippen molar-refractivity contribution in [3.8, 4) is 22.9 Å². The fourth-order valence-electron chi connectivity index (χ4n) is 3.09. The number of carbonyl (C=O) groups is 1. The highest BCUT2D eigenvalue weighted by Crippen LogP contribution is 2.34. The van der Waals surface area contributed by atoms with Crippen LogP contribution in [0.25, 0.3) is 11.3 Å². The van der Waals surface area contributed by atoms with Gasteiger partial charge in [0.15, 0.2) is 11.6 Å². The Hall–Kier alpha value is -3.15. The van der Waals surface area contributed by atoms with E-state index in [1.54, 1.807) is 41.8 Å². The second kappa shape index (κ2) is 8.69. The van der Waals surface area contributed by atoms with E-state index in [9.17, 15) is 9.18 Å². The number of halogens is 1. The third kappa shape index (κ3) is 4.22. The van der Waals surface area contributed by atoms with E-state index in [0.29, 0.717) is 19.0 Å². The van der Waals surface area contributed by atoms with Crippen molar-refractivity contribution in [2.75, 3.05) is 6.54 Å². The summed E-state index contributed by atoms with van der Waals surface area (Å²) in [5.74, 6) is 0.0667. The van der Waals surface area contributed by atoms with Gasteiger partial charge in [-0.15, -0.1) is 0 Å². The predicted molar refractivity (Wildman–Crippen MR) is 107 cm³/mol. The van der Waals surface area contributed by atoms with Gasteiger partial charge in [-0.2, -0.15) is 5.10 Å². The highest BCUT2D eigenvalue weighted by molar-refractivity contribution is 5.74. The lowest BCUT2D eigenvalue weighted by molar-refractivity contribution is -0.129. The zero-order chi connectivity index (χ0) is 20.1. The zero-order valence-electron chi connectivity index (χ0n) is 16.4. The number of rotatable bonds is 7. The number of nitrogens with zero attached hydrogens (tertiary/aromatic N) is 3. The van der Waals surface area contributed by atoms with Gasteiger partial charge in [-0.1, -0.05) is 49.4 Å². The van der Waals surface area contributed by atoms with E-state index in [1.807, 2.05) is 37.3 Å². The van der Waals surface area contributed by atoms with Gasteiger partial charge in [-0.25, -0.2) is 9.07 Å². The molecule has 0 aliphatic carbocycles. The van der Waals surface area contributed by atoms with Crippen LogP contribution in [0.15, 0.2) is 54.6 Å². The van der Waals surface area contributed by atoms with E-state index >= 15 is 0 Å². The quantitative estimate of drug-likeness (QED) is 0.592. The molecular formula is C22H24FN3O2. The van der Waals surface area contributed by atoms with Gasteiger partial charge < -0.3 is 9.64 Å². The van der Waals surface area contributed by atoms with Crippen LogP contribution in [0.5, 0.6) is 11.6 Å². The maximum absolute atomic E-state index is 14.2. The topological polar surface area (TPSA) is 47.4 Å². The molecule has 1 amide bonds. The lowest BCUT2D eigenvalue weighted by Crippen LogP contribution is -2.29. The van der Waals surface area contributed by atoms with Gasteiger partial charge >= 0.3 is 0 Å². The third-order valence-electron chi connectivity index (χ3n) is 4.47. The number of para-hydroxylation sites is 1. The summed E-state index contributed by atoms with van der Waals surface area (Å²) < 4.78 is 21.7. The summed E-state index contributed by atoms with van der Waals surface area (Å²) in [5, 5.41) is 4.61. The molecule has 3 aromatic rings. The Balaban J connectivity index is 2.09. The summed E-state index contributed by atoms with van der Waals surface area (Å²) in [6.45, 7) is 4.53. The molecule has 0 unspecified atom stereocenters. The fraction of sp³-hybridized carbons (Fsp3) is 0.273. The maximum Gasteiger partial charge on any atom is 0.223 e. The SMILES string of the molecule is CCCN(Cc1c(-c2ccccc2)nn(C)c1Oc1ccccc1F)C(C)=O. The van der Waals surface area contributed by atoms with E-state index in [0.717, 1.165) is 23.2 Å². The molecular weight excluding hydrogens is 357 g/mol. The van der Waals surface area contributed by atoms with Crippen LogP contribution < -0.4 is 4.74 Å². The summed E-state index contributed by atoms with van der Waals surface area (Å²) in [4.78, 5) is 13.9. The molecule has 6 heteroatoms. The number of benzene rings is 2. The third-order valence-corrected chi connectivity index (χ3v) is 4.47. The molecule has 0 aliphatic heterocycles. The van der Waals surface area contributed by atoms with Gasteiger partial charge in [0.2, 0.25) is 11.8 Å². The molecule has 0 saturated carbocycles. The van der Waals surface area contributed by atoms with Crippen LogP contribution in [-0.4, -0.2) is 27.1 Å². The van der Waals surface area contributed by atoms with Gasteiger partial charge in [0, 0.05) is 26.1 Å². The first-order valence-corrected chi connectivity index (χ1v) is 9.30.